The number of nitrogens with zero attached hydrogens (tertiary/aromatic N) is 3. The smallest absolute Gasteiger partial charge is 0.0893 e. The van der Waals surface area contributed by atoms with Crippen LogP contribution in [-0.2, 0) is 5.41 Å². The van der Waals surface area contributed by atoms with Gasteiger partial charge in [0.15, 0.2) is 0 Å². The molecule has 0 bridgehead atoms. The van der Waals surface area contributed by atoms with Crippen LogP contribution in [0.5, 0.6) is 0 Å². The zero-order chi connectivity index (χ0) is 32.2. The van der Waals surface area contributed by atoms with Gasteiger partial charge in [-0.05, 0) is 82.6 Å². The molecule has 0 saturated carbocycles. The van der Waals surface area contributed by atoms with E-state index in [4.69, 9.17) is 9.97 Å². The summed E-state index contributed by atoms with van der Waals surface area (Å²) >= 11 is 0. The Morgan fingerprint density at radius 1 is 0.708 bits per heavy atom. The number of benzene rings is 3. The predicted molar refractivity (Wildman–Crippen MR) is 195 cm³/mol. The molecule has 2 unspecified atom stereocenters. The quantitative estimate of drug-likeness (QED) is 0.210. The van der Waals surface area contributed by atoms with Gasteiger partial charge in [0.25, 0.3) is 0 Å². The third-order valence-corrected chi connectivity index (χ3v) is 9.98. The molecule has 5 nitrogen and oxygen atoms in total. The van der Waals surface area contributed by atoms with Crippen molar-refractivity contribution in [2.45, 2.75) is 31.3 Å². The third-order valence-electron chi connectivity index (χ3n) is 9.98. The summed E-state index contributed by atoms with van der Waals surface area (Å²) in [5.41, 5.74) is 14.9. The number of hydrogen-bond donors (Lipinski definition) is 2. The highest BCUT2D eigenvalue weighted by atomic mass is 15.2. The molecular weight excluding hydrogens is 587 g/mol. The molecule has 3 aliphatic heterocycles. The lowest BCUT2D eigenvalue weighted by molar-refractivity contribution is 0.694. The van der Waals surface area contributed by atoms with Gasteiger partial charge in [0.05, 0.1) is 40.6 Å². The maximum absolute atomic E-state index is 4.78. The van der Waals surface area contributed by atoms with Gasteiger partial charge in [-0.3, -0.25) is 9.97 Å². The van der Waals surface area contributed by atoms with Crippen LogP contribution in [0.25, 0.3) is 28.1 Å². The molecule has 48 heavy (non-hydrogen) atoms. The fourth-order valence-corrected chi connectivity index (χ4v) is 7.76. The minimum absolute atomic E-state index is 0.135. The Kier molecular flexibility index (Phi) is 6.54. The lowest BCUT2D eigenvalue weighted by Gasteiger charge is -2.34. The maximum atomic E-state index is 4.78. The van der Waals surface area contributed by atoms with Crippen molar-refractivity contribution in [2.75, 3.05) is 4.90 Å². The summed E-state index contributed by atoms with van der Waals surface area (Å²) in [5, 5.41) is 7.28. The highest BCUT2D eigenvalue weighted by Gasteiger charge is 2.44. The second kappa shape index (κ2) is 11.1. The Balaban J connectivity index is 1.32. The van der Waals surface area contributed by atoms with E-state index >= 15 is 0 Å². The average molecular weight is 622 g/mol. The molecule has 2 aromatic heterocycles. The third kappa shape index (κ3) is 4.46. The van der Waals surface area contributed by atoms with Crippen molar-refractivity contribution < 1.29 is 0 Å². The number of pyridine rings is 2. The van der Waals surface area contributed by atoms with Gasteiger partial charge >= 0.3 is 0 Å². The van der Waals surface area contributed by atoms with Crippen molar-refractivity contribution in [3.8, 4) is 11.1 Å². The van der Waals surface area contributed by atoms with Crippen LogP contribution in [-0.4, -0.2) is 9.97 Å². The summed E-state index contributed by atoms with van der Waals surface area (Å²) < 4.78 is 0. The van der Waals surface area contributed by atoms with E-state index in [1.165, 1.54) is 44.7 Å². The van der Waals surface area contributed by atoms with E-state index in [1.54, 1.807) is 0 Å². The number of anilines is 1. The average Bonchev–Trinajstić information content (AvgIpc) is 3.29. The number of allylic oxidation sites excluding steroid dienone is 4. The van der Waals surface area contributed by atoms with Crippen molar-refractivity contribution in [1.82, 2.24) is 20.6 Å². The van der Waals surface area contributed by atoms with Gasteiger partial charge in [-0.25, -0.2) is 0 Å². The van der Waals surface area contributed by atoms with E-state index in [9.17, 15) is 0 Å². The van der Waals surface area contributed by atoms with Crippen molar-refractivity contribution in [3.63, 3.8) is 0 Å². The van der Waals surface area contributed by atoms with Gasteiger partial charge in [0.2, 0.25) is 0 Å². The zero-order valence-corrected chi connectivity index (χ0v) is 26.9. The Morgan fingerprint density at radius 3 is 2.25 bits per heavy atom. The van der Waals surface area contributed by atoms with E-state index in [0.29, 0.717) is 0 Å². The molecule has 3 aromatic carbocycles. The Bertz CT molecular complexity index is 2220. The molecule has 0 radical (unpaired) electrons. The fraction of sp³-hybridized carbons (Fsp3) is 0.116. The van der Waals surface area contributed by atoms with Crippen molar-refractivity contribution >= 4 is 22.7 Å². The number of aromatic nitrogens is 2. The molecule has 1 aliphatic carbocycles. The number of nitrogens with one attached hydrogen (secondary N) is 2. The molecule has 5 heteroatoms. The fourth-order valence-electron chi connectivity index (χ4n) is 7.76. The molecule has 0 spiro atoms. The van der Waals surface area contributed by atoms with Crippen LogP contribution in [0.15, 0.2) is 158 Å². The number of para-hydroxylation sites is 1. The molecule has 0 fully saturated rings. The second-order valence-electron chi connectivity index (χ2n) is 13.2. The predicted octanol–water partition coefficient (Wildman–Crippen LogP) is 9.11. The minimum Gasteiger partial charge on any atom is -0.381 e. The highest BCUT2D eigenvalue weighted by molar-refractivity contribution is 6.13. The largest absolute Gasteiger partial charge is 0.381 e. The molecule has 232 valence electrons. The maximum Gasteiger partial charge on any atom is 0.0893 e. The van der Waals surface area contributed by atoms with Crippen LogP contribution in [0.1, 0.15) is 59.6 Å². The first-order valence-corrected chi connectivity index (χ1v) is 16.6. The summed E-state index contributed by atoms with van der Waals surface area (Å²) in [6, 6.07) is 36.9. The van der Waals surface area contributed by atoms with Gasteiger partial charge in [0.1, 0.15) is 0 Å². The summed E-state index contributed by atoms with van der Waals surface area (Å²) in [5.74, 6) is 0. The summed E-state index contributed by atoms with van der Waals surface area (Å²) in [7, 11) is 0. The van der Waals surface area contributed by atoms with Gasteiger partial charge in [-0.1, -0.05) is 98.8 Å². The molecule has 9 rings (SSSR count). The first-order valence-electron chi connectivity index (χ1n) is 16.6. The lowest BCUT2D eigenvalue weighted by atomic mass is 9.76. The van der Waals surface area contributed by atoms with Crippen LogP contribution in [0, 0.1) is 0 Å². The number of dihydropyridines is 2. The van der Waals surface area contributed by atoms with Crippen LogP contribution in [0.2, 0.25) is 0 Å². The molecule has 0 amide bonds. The normalized spacial score (nSPS) is 19.9. The van der Waals surface area contributed by atoms with Crippen molar-refractivity contribution in [1.29, 1.82) is 0 Å². The molecule has 2 N–H and O–H groups in total. The molecule has 2 atom stereocenters. The monoisotopic (exact) mass is 621 g/mol. The number of rotatable bonds is 4. The minimum atomic E-state index is -0.271. The number of hydrogen-bond acceptors (Lipinski definition) is 5. The molecule has 0 saturated heterocycles. The summed E-state index contributed by atoms with van der Waals surface area (Å²) in [6.07, 6.45) is 16.7. The van der Waals surface area contributed by atoms with Crippen LogP contribution in [0.3, 0.4) is 0 Å². The van der Waals surface area contributed by atoms with E-state index in [1.807, 2.05) is 48.9 Å². The first kappa shape index (κ1) is 28.3. The molecule has 4 aliphatic rings. The van der Waals surface area contributed by atoms with E-state index in [0.717, 1.165) is 28.5 Å². The Labute approximate surface area is 281 Å². The Morgan fingerprint density at radius 2 is 1.48 bits per heavy atom. The number of fused-ring (bicyclic) bond motifs is 6. The van der Waals surface area contributed by atoms with Crippen LogP contribution < -0.4 is 15.5 Å². The van der Waals surface area contributed by atoms with E-state index < -0.39 is 0 Å². The van der Waals surface area contributed by atoms with Crippen LogP contribution >= 0.6 is 0 Å². The zero-order valence-electron chi connectivity index (χ0n) is 26.9. The topological polar surface area (TPSA) is 53.1 Å². The standard InChI is InChI=1S/C43H35N5/c1-43(2)34-25-28(35-16-7-10-22-44-35)20-21-33(34)42-41(43)32-15-4-3-13-30(32)31-14-5-6-19-40(31)48(42)29-26-38(36-17-8-11-23-45-36)47-39(27-29)37-18-9-12-24-46-37/h3-27,35,38,44,47H,1-2H3. The van der Waals surface area contributed by atoms with Gasteiger partial charge in [0, 0.05) is 34.6 Å². The second-order valence-corrected chi connectivity index (χ2v) is 13.2. The van der Waals surface area contributed by atoms with Crippen molar-refractivity contribution in [3.05, 3.63) is 191 Å². The van der Waals surface area contributed by atoms with E-state index in [2.05, 4.69) is 133 Å². The summed E-state index contributed by atoms with van der Waals surface area (Å²) in [4.78, 5) is 12.0. The first-order chi connectivity index (χ1) is 23.6. The van der Waals surface area contributed by atoms with Gasteiger partial charge in [-0.2, -0.15) is 0 Å². The van der Waals surface area contributed by atoms with Gasteiger partial charge in [-0.15, -0.1) is 0 Å². The van der Waals surface area contributed by atoms with Gasteiger partial charge < -0.3 is 15.5 Å². The summed E-state index contributed by atoms with van der Waals surface area (Å²) in [6.45, 7) is 4.77. The molecule has 5 heterocycles. The SMILES string of the molecule is CC1(C)C2=C(c3ccc(C4C=CC=CN4)cc31)N(C1=CC(c3ccccn3)NC(c3ccccn3)=C1)c1ccccc1-c1ccccc12. The van der Waals surface area contributed by atoms with Crippen molar-refractivity contribution in [2.24, 2.45) is 0 Å². The Hall–Kier alpha value is -5.94. The van der Waals surface area contributed by atoms with E-state index in [-0.39, 0.29) is 17.5 Å². The molecular formula is C43H35N5. The molecule has 5 aromatic rings. The highest BCUT2D eigenvalue weighted by Crippen LogP contribution is 2.58. The lowest BCUT2D eigenvalue weighted by Crippen LogP contribution is -2.29. The van der Waals surface area contributed by atoms with Crippen LogP contribution in [0.4, 0.5) is 5.69 Å².